The van der Waals surface area contributed by atoms with Crippen LogP contribution in [0.15, 0.2) is 54.7 Å². The maximum atomic E-state index is 12.6. The van der Waals surface area contributed by atoms with Gasteiger partial charge >= 0.3 is 0 Å². The molecule has 0 aliphatic heterocycles. The smallest absolute Gasteiger partial charge is 0.258 e. The second-order valence-corrected chi connectivity index (χ2v) is 8.61. The molecule has 0 bridgehead atoms. The highest BCUT2D eigenvalue weighted by Gasteiger charge is 2.27. The fraction of sp³-hybridized carbons (Fsp3) is 0.360. The number of nitrogens with zero attached hydrogens (tertiary/aromatic N) is 1. The van der Waals surface area contributed by atoms with Gasteiger partial charge in [0.2, 0.25) is 5.91 Å². The quantitative estimate of drug-likeness (QED) is 0.421. The zero-order chi connectivity index (χ0) is 22.4. The molecule has 31 heavy (non-hydrogen) atoms. The van der Waals surface area contributed by atoms with Crippen LogP contribution >= 0.6 is 0 Å². The number of benzene rings is 2. The molecule has 0 spiro atoms. The van der Waals surface area contributed by atoms with Crippen molar-refractivity contribution >= 4 is 22.7 Å². The maximum Gasteiger partial charge on any atom is 0.258 e. The number of ether oxygens (including phenoxy) is 1. The summed E-state index contributed by atoms with van der Waals surface area (Å²) < 4.78 is 7.73. The average molecular weight is 422 g/mol. The van der Waals surface area contributed by atoms with Gasteiger partial charge in [-0.05, 0) is 61.4 Å². The number of aromatic nitrogens is 1. The fourth-order valence-electron chi connectivity index (χ4n) is 3.44. The first-order chi connectivity index (χ1) is 14.8. The summed E-state index contributed by atoms with van der Waals surface area (Å²) in [7, 11) is 0. The molecule has 2 N–H and O–H groups in total. The van der Waals surface area contributed by atoms with Gasteiger partial charge < -0.3 is 9.30 Å². The van der Waals surface area contributed by atoms with E-state index in [4.69, 9.17) is 4.74 Å². The highest BCUT2D eigenvalue weighted by Crippen LogP contribution is 2.24. The molecule has 0 unspecified atom stereocenters. The summed E-state index contributed by atoms with van der Waals surface area (Å²) in [6.07, 6.45) is 3.24. The molecule has 2 amide bonds. The third-order valence-corrected chi connectivity index (χ3v) is 5.47. The van der Waals surface area contributed by atoms with Gasteiger partial charge in [0.25, 0.3) is 5.91 Å². The molecule has 6 nitrogen and oxygen atoms in total. The van der Waals surface area contributed by atoms with Gasteiger partial charge in [0.1, 0.15) is 12.3 Å². The van der Waals surface area contributed by atoms with Gasteiger partial charge in [-0.15, -0.1) is 0 Å². The summed E-state index contributed by atoms with van der Waals surface area (Å²) in [6, 6.07) is 15.9. The Bertz CT molecular complexity index is 1070. The fourth-order valence-corrected chi connectivity index (χ4v) is 3.44. The number of rotatable bonds is 8. The minimum atomic E-state index is -0.627. The number of hydrazine groups is 1. The van der Waals surface area contributed by atoms with Crippen LogP contribution in [-0.2, 0) is 16.1 Å². The van der Waals surface area contributed by atoms with Gasteiger partial charge in [0, 0.05) is 17.1 Å². The Balaban J connectivity index is 1.43. The van der Waals surface area contributed by atoms with Crippen LogP contribution in [0, 0.1) is 19.3 Å². The first kappa shape index (κ1) is 22.4. The molecule has 0 saturated heterocycles. The summed E-state index contributed by atoms with van der Waals surface area (Å²) in [6.45, 7) is 8.46. The third kappa shape index (κ3) is 5.87. The van der Waals surface area contributed by atoms with Crippen molar-refractivity contribution in [1.29, 1.82) is 0 Å². The summed E-state index contributed by atoms with van der Waals surface area (Å²) in [5, 5.41) is 1.07. The van der Waals surface area contributed by atoms with E-state index >= 15 is 0 Å². The number of hydrogen-bond donors (Lipinski definition) is 2. The molecule has 1 heterocycles. The first-order valence-corrected chi connectivity index (χ1v) is 10.6. The van der Waals surface area contributed by atoms with Crippen LogP contribution in [0.2, 0.25) is 0 Å². The summed E-state index contributed by atoms with van der Waals surface area (Å²) in [5.41, 5.74) is 7.70. The van der Waals surface area contributed by atoms with E-state index in [1.165, 1.54) is 0 Å². The van der Waals surface area contributed by atoms with E-state index in [1.54, 1.807) is 0 Å². The minimum absolute atomic E-state index is 0.137. The summed E-state index contributed by atoms with van der Waals surface area (Å²) in [4.78, 5) is 24.9. The van der Waals surface area contributed by atoms with E-state index in [0.717, 1.165) is 34.2 Å². The molecule has 2 aromatic carbocycles. The van der Waals surface area contributed by atoms with Crippen molar-refractivity contribution < 1.29 is 14.3 Å². The third-order valence-electron chi connectivity index (χ3n) is 5.47. The molecule has 0 radical (unpaired) electrons. The van der Waals surface area contributed by atoms with Crippen molar-refractivity contribution in [3.05, 3.63) is 65.9 Å². The van der Waals surface area contributed by atoms with Crippen LogP contribution in [0.25, 0.3) is 10.9 Å². The number of carbonyl (C=O) groups is 2. The summed E-state index contributed by atoms with van der Waals surface area (Å²) >= 11 is 0. The molecule has 0 aliphatic carbocycles. The Morgan fingerprint density at radius 2 is 1.81 bits per heavy atom. The highest BCUT2D eigenvalue weighted by molar-refractivity contribution is 5.86. The van der Waals surface area contributed by atoms with Gasteiger partial charge in [-0.3, -0.25) is 20.4 Å². The molecule has 0 atom stereocenters. The zero-order valence-electron chi connectivity index (χ0n) is 18.7. The Hall–Kier alpha value is -3.28. The van der Waals surface area contributed by atoms with Crippen LogP contribution in [0.1, 0.15) is 37.8 Å². The molecule has 0 fully saturated rings. The molecular weight excluding hydrogens is 390 g/mol. The van der Waals surface area contributed by atoms with Gasteiger partial charge in [-0.1, -0.05) is 44.2 Å². The number of hydrogen-bond acceptors (Lipinski definition) is 3. The van der Waals surface area contributed by atoms with E-state index in [-0.39, 0.29) is 18.4 Å². The summed E-state index contributed by atoms with van der Waals surface area (Å²) in [5.74, 6) is 0.390. The number of carbonyl (C=O) groups excluding carboxylic acids is 2. The predicted octanol–water partition coefficient (Wildman–Crippen LogP) is 4.29. The number of fused-ring (bicyclic) bond motifs is 1. The van der Waals surface area contributed by atoms with Crippen molar-refractivity contribution in [3.8, 4) is 5.75 Å². The Kier molecular flexibility index (Phi) is 7.00. The van der Waals surface area contributed by atoms with Crippen molar-refractivity contribution in [2.75, 3.05) is 6.61 Å². The minimum Gasteiger partial charge on any atom is -0.493 e. The number of aryl methyl sites for hydroxylation is 2. The SMILES string of the molecule is Cc1ccc(C)c(OCCCC(C)(C)C(=O)NNC(=O)Cn2ccc3ccccc32)c1. The second-order valence-electron chi connectivity index (χ2n) is 8.61. The zero-order valence-corrected chi connectivity index (χ0v) is 18.7. The second kappa shape index (κ2) is 9.69. The normalized spacial score (nSPS) is 11.4. The topological polar surface area (TPSA) is 72.4 Å². The number of para-hydroxylation sites is 1. The molecular formula is C25H31N3O3. The van der Waals surface area contributed by atoms with Crippen molar-refractivity contribution in [2.45, 2.75) is 47.1 Å². The van der Waals surface area contributed by atoms with Crippen LogP contribution in [0.3, 0.4) is 0 Å². The van der Waals surface area contributed by atoms with Crippen molar-refractivity contribution in [1.82, 2.24) is 15.4 Å². The van der Waals surface area contributed by atoms with E-state index in [2.05, 4.69) is 16.9 Å². The Morgan fingerprint density at radius 1 is 1.03 bits per heavy atom. The van der Waals surface area contributed by atoms with Gasteiger partial charge in [-0.25, -0.2) is 0 Å². The molecule has 0 aliphatic rings. The van der Waals surface area contributed by atoms with Gasteiger partial charge in [0.05, 0.1) is 6.61 Å². The number of amides is 2. The largest absolute Gasteiger partial charge is 0.493 e. The lowest BCUT2D eigenvalue weighted by Gasteiger charge is -2.23. The van der Waals surface area contributed by atoms with E-state index in [9.17, 15) is 9.59 Å². The van der Waals surface area contributed by atoms with Gasteiger partial charge in [-0.2, -0.15) is 0 Å². The van der Waals surface area contributed by atoms with Crippen LogP contribution in [-0.4, -0.2) is 23.0 Å². The molecule has 6 heteroatoms. The Labute approximate surface area is 183 Å². The van der Waals surface area contributed by atoms with Crippen molar-refractivity contribution in [2.24, 2.45) is 5.41 Å². The lowest BCUT2D eigenvalue weighted by Crippen LogP contribution is -2.48. The Morgan fingerprint density at radius 3 is 2.61 bits per heavy atom. The molecule has 0 saturated carbocycles. The molecule has 164 valence electrons. The molecule has 1 aromatic heterocycles. The first-order valence-electron chi connectivity index (χ1n) is 10.6. The number of nitrogens with one attached hydrogen (secondary N) is 2. The van der Waals surface area contributed by atoms with E-state index < -0.39 is 5.41 Å². The van der Waals surface area contributed by atoms with Crippen LogP contribution in [0.4, 0.5) is 0 Å². The maximum absolute atomic E-state index is 12.6. The lowest BCUT2D eigenvalue weighted by molar-refractivity contribution is -0.134. The monoisotopic (exact) mass is 421 g/mol. The van der Waals surface area contributed by atoms with E-state index in [1.807, 2.05) is 80.9 Å². The highest BCUT2D eigenvalue weighted by atomic mass is 16.5. The molecule has 3 rings (SSSR count). The van der Waals surface area contributed by atoms with Crippen LogP contribution < -0.4 is 15.6 Å². The van der Waals surface area contributed by atoms with E-state index in [0.29, 0.717) is 13.0 Å². The lowest BCUT2D eigenvalue weighted by atomic mass is 9.87. The average Bonchev–Trinajstić information content (AvgIpc) is 3.14. The standard InChI is InChI=1S/C25H31N3O3/c1-18-10-11-19(2)22(16-18)31-15-7-13-25(3,4)24(30)27-26-23(29)17-28-14-12-20-8-5-6-9-21(20)28/h5-6,8-12,14,16H,7,13,15,17H2,1-4H3,(H,26,29)(H,27,30). The van der Waals surface area contributed by atoms with Crippen molar-refractivity contribution in [3.63, 3.8) is 0 Å². The van der Waals surface area contributed by atoms with Crippen LogP contribution in [0.5, 0.6) is 5.75 Å². The predicted molar refractivity (Wildman–Crippen MR) is 123 cm³/mol. The van der Waals surface area contributed by atoms with Gasteiger partial charge in [0.15, 0.2) is 0 Å². The molecule has 3 aromatic rings.